The number of halogens is 1. The Morgan fingerprint density at radius 2 is 2.21 bits per heavy atom. The number of carbonyl (C=O) groups excluding carboxylic acids is 1. The first-order valence-electron chi connectivity index (χ1n) is 5.96. The minimum atomic E-state index is -0.850. The van der Waals surface area contributed by atoms with E-state index in [0.29, 0.717) is 13.0 Å². The van der Waals surface area contributed by atoms with Gasteiger partial charge in [0, 0.05) is 22.3 Å². The zero-order chi connectivity index (χ0) is 14.0. The number of amides is 2. The molecule has 19 heavy (non-hydrogen) atoms. The van der Waals surface area contributed by atoms with Gasteiger partial charge in [-0.05, 0) is 54.1 Å². The summed E-state index contributed by atoms with van der Waals surface area (Å²) in [4.78, 5) is 24.7. The number of carboxylic acids is 1. The molecule has 102 valence electrons. The van der Waals surface area contributed by atoms with Crippen molar-refractivity contribution in [2.75, 3.05) is 18.4 Å². The van der Waals surface area contributed by atoms with Crippen LogP contribution in [0.15, 0.2) is 24.3 Å². The fourth-order valence-electron chi connectivity index (χ4n) is 2.08. The molecule has 0 aromatic heterocycles. The van der Waals surface area contributed by atoms with Crippen LogP contribution in [0.1, 0.15) is 13.3 Å². The molecule has 2 rings (SSSR count). The van der Waals surface area contributed by atoms with Crippen LogP contribution < -0.4 is 5.32 Å². The van der Waals surface area contributed by atoms with Crippen LogP contribution in [-0.2, 0) is 4.79 Å². The fraction of sp³-hybridized carbons (Fsp3) is 0.385. The maximum atomic E-state index is 12.1. The van der Waals surface area contributed by atoms with Crippen LogP contribution in [0.25, 0.3) is 0 Å². The molecule has 1 aliphatic heterocycles. The Morgan fingerprint density at radius 1 is 1.47 bits per heavy atom. The Morgan fingerprint density at radius 3 is 2.79 bits per heavy atom. The third-order valence-corrected chi connectivity index (χ3v) is 4.02. The Balaban J connectivity index is 2.01. The summed E-state index contributed by atoms with van der Waals surface area (Å²) in [5, 5.41) is 11.9. The number of nitrogens with zero attached hydrogens (tertiary/aromatic N) is 1. The molecular weight excluding hydrogens is 359 g/mol. The van der Waals surface area contributed by atoms with Crippen LogP contribution in [0.3, 0.4) is 0 Å². The molecule has 5 nitrogen and oxygen atoms in total. The number of carbonyl (C=O) groups is 2. The predicted octanol–water partition coefficient (Wildman–Crippen LogP) is 2.62. The van der Waals surface area contributed by atoms with Gasteiger partial charge in [-0.3, -0.25) is 4.79 Å². The van der Waals surface area contributed by atoms with Gasteiger partial charge in [-0.25, -0.2) is 4.79 Å². The standard InChI is InChI=1S/C13H15IN2O3/c1-13(11(17)18)5-6-16(8-13)12(19)15-10-4-2-3-9(14)7-10/h2-4,7H,5-6,8H2,1H3,(H,15,19)(H,17,18). The second-order valence-electron chi connectivity index (χ2n) is 4.98. The molecule has 1 aromatic rings. The minimum absolute atomic E-state index is 0.244. The molecule has 1 aliphatic rings. The minimum Gasteiger partial charge on any atom is -0.481 e. The average Bonchev–Trinajstić information content (AvgIpc) is 2.73. The number of nitrogens with one attached hydrogen (secondary N) is 1. The monoisotopic (exact) mass is 374 g/mol. The van der Waals surface area contributed by atoms with Crippen LogP contribution in [0.5, 0.6) is 0 Å². The summed E-state index contributed by atoms with van der Waals surface area (Å²) in [6, 6.07) is 7.24. The lowest BCUT2D eigenvalue weighted by Gasteiger charge is -2.20. The second kappa shape index (κ2) is 5.36. The summed E-state index contributed by atoms with van der Waals surface area (Å²) in [6.07, 6.45) is 0.488. The van der Waals surface area contributed by atoms with Crippen LogP contribution >= 0.6 is 22.6 Å². The maximum absolute atomic E-state index is 12.1. The zero-order valence-electron chi connectivity index (χ0n) is 10.5. The van der Waals surface area contributed by atoms with Crippen molar-refractivity contribution in [2.24, 2.45) is 5.41 Å². The highest BCUT2D eigenvalue weighted by Crippen LogP contribution is 2.30. The highest BCUT2D eigenvalue weighted by molar-refractivity contribution is 14.1. The summed E-state index contributed by atoms with van der Waals surface area (Å²) >= 11 is 2.17. The van der Waals surface area contributed by atoms with E-state index in [1.54, 1.807) is 11.8 Å². The number of benzene rings is 1. The molecule has 2 amide bonds. The first-order chi connectivity index (χ1) is 8.90. The largest absolute Gasteiger partial charge is 0.481 e. The number of hydrogen-bond donors (Lipinski definition) is 2. The summed E-state index contributed by atoms with van der Waals surface area (Å²) in [5.41, 5.74) is -0.108. The van der Waals surface area contributed by atoms with Gasteiger partial charge in [0.1, 0.15) is 0 Å². The molecule has 1 saturated heterocycles. The first-order valence-corrected chi connectivity index (χ1v) is 7.03. The molecule has 1 heterocycles. The van der Waals surface area contributed by atoms with Crippen LogP contribution in [0.2, 0.25) is 0 Å². The van der Waals surface area contributed by atoms with Crippen molar-refractivity contribution < 1.29 is 14.7 Å². The normalized spacial score (nSPS) is 22.3. The third-order valence-electron chi connectivity index (χ3n) is 3.35. The van der Waals surface area contributed by atoms with Gasteiger partial charge in [0.2, 0.25) is 0 Å². The molecule has 1 unspecified atom stereocenters. The Kier molecular flexibility index (Phi) is 3.98. The van der Waals surface area contributed by atoms with Gasteiger partial charge in [-0.15, -0.1) is 0 Å². The topological polar surface area (TPSA) is 69.6 Å². The number of aliphatic carboxylic acids is 1. The van der Waals surface area contributed by atoms with E-state index in [2.05, 4.69) is 27.9 Å². The molecule has 0 radical (unpaired) electrons. The maximum Gasteiger partial charge on any atom is 0.321 e. The Bertz CT molecular complexity index is 520. The van der Waals surface area contributed by atoms with E-state index >= 15 is 0 Å². The lowest BCUT2D eigenvalue weighted by Crippen LogP contribution is -2.37. The second-order valence-corrected chi connectivity index (χ2v) is 6.22. The van der Waals surface area contributed by atoms with Crippen molar-refractivity contribution in [1.29, 1.82) is 0 Å². The van der Waals surface area contributed by atoms with Gasteiger partial charge in [0.15, 0.2) is 0 Å². The van der Waals surface area contributed by atoms with Crippen molar-refractivity contribution in [3.8, 4) is 0 Å². The van der Waals surface area contributed by atoms with E-state index in [1.165, 1.54) is 0 Å². The van der Waals surface area contributed by atoms with Crippen LogP contribution in [0, 0.1) is 8.99 Å². The number of carboxylic acid groups (broad SMARTS) is 1. The van der Waals surface area contributed by atoms with Gasteiger partial charge in [-0.2, -0.15) is 0 Å². The molecule has 2 N–H and O–H groups in total. The lowest BCUT2D eigenvalue weighted by molar-refractivity contribution is -0.146. The molecule has 1 fully saturated rings. The number of urea groups is 1. The van der Waals surface area contributed by atoms with E-state index in [9.17, 15) is 9.59 Å². The van der Waals surface area contributed by atoms with Crippen molar-refractivity contribution in [2.45, 2.75) is 13.3 Å². The number of rotatable bonds is 2. The SMILES string of the molecule is CC1(C(=O)O)CCN(C(=O)Nc2cccc(I)c2)C1. The van der Waals surface area contributed by atoms with E-state index in [0.717, 1.165) is 9.26 Å². The molecule has 0 aliphatic carbocycles. The van der Waals surface area contributed by atoms with E-state index in [4.69, 9.17) is 5.11 Å². The van der Waals surface area contributed by atoms with Gasteiger partial charge in [0.25, 0.3) is 0 Å². The summed E-state index contributed by atoms with van der Waals surface area (Å²) < 4.78 is 1.03. The highest BCUT2D eigenvalue weighted by atomic mass is 127. The molecular formula is C13H15IN2O3. The summed E-state index contributed by atoms with van der Waals surface area (Å²) in [5.74, 6) is -0.850. The van der Waals surface area contributed by atoms with E-state index in [1.807, 2.05) is 24.3 Å². The predicted molar refractivity (Wildman–Crippen MR) is 80.1 cm³/mol. The number of likely N-dealkylation sites (tertiary alicyclic amines) is 1. The van der Waals surface area contributed by atoms with Crippen molar-refractivity contribution in [3.63, 3.8) is 0 Å². The smallest absolute Gasteiger partial charge is 0.321 e. The Labute approximate surface area is 125 Å². The van der Waals surface area contributed by atoms with Gasteiger partial charge >= 0.3 is 12.0 Å². The lowest BCUT2D eigenvalue weighted by atomic mass is 9.90. The van der Waals surface area contributed by atoms with Crippen molar-refractivity contribution in [3.05, 3.63) is 27.8 Å². The first kappa shape index (κ1) is 14.1. The van der Waals surface area contributed by atoms with Gasteiger partial charge in [0.05, 0.1) is 5.41 Å². The zero-order valence-corrected chi connectivity index (χ0v) is 12.7. The average molecular weight is 374 g/mol. The van der Waals surface area contributed by atoms with E-state index in [-0.39, 0.29) is 12.6 Å². The summed E-state index contributed by atoms with van der Waals surface area (Å²) in [6.45, 7) is 2.39. The summed E-state index contributed by atoms with van der Waals surface area (Å²) in [7, 11) is 0. The molecule has 1 aromatic carbocycles. The highest BCUT2D eigenvalue weighted by Gasteiger charge is 2.42. The molecule has 1 atom stereocenters. The molecule has 0 saturated carbocycles. The quantitative estimate of drug-likeness (QED) is 0.782. The fourth-order valence-corrected chi connectivity index (χ4v) is 2.62. The van der Waals surface area contributed by atoms with Gasteiger partial charge < -0.3 is 15.3 Å². The molecule has 0 spiro atoms. The van der Waals surface area contributed by atoms with Crippen molar-refractivity contribution in [1.82, 2.24) is 4.90 Å². The van der Waals surface area contributed by atoms with E-state index < -0.39 is 11.4 Å². The molecule has 0 bridgehead atoms. The Hall–Kier alpha value is -1.31. The third kappa shape index (κ3) is 3.17. The van der Waals surface area contributed by atoms with Crippen LogP contribution in [0.4, 0.5) is 10.5 Å². The number of anilines is 1. The molecule has 6 heteroatoms. The van der Waals surface area contributed by atoms with Crippen LogP contribution in [-0.4, -0.2) is 35.1 Å². The van der Waals surface area contributed by atoms with Gasteiger partial charge in [-0.1, -0.05) is 6.07 Å². The van der Waals surface area contributed by atoms with Crippen molar-refractivity contribution >= 4 is 40.3 Å². The number of hydrogen-bond acceptors (Lipinski definition) is 2.